The Morgan fingerprint density at radius 3 is 2.77 bits per heavy atom. The third-order valence-electron chi connectivity index (χ3n) is 3.00. The van der Waals surface area contributed by atoms with Crippen molar-refractivity contribution in [1.29, 1.82) is 0 Å². The number of carboxylic acid groups (broad SMARTS) is 1. The number of aromatic nitrogens is 1. The zero-order chi connectivity index (χ0) is 16.1. The van der Waals surface area contributed by atoms with Crippen LogP contribution in [0.4, 0.5) is 5.69 Å². The average Bonchev–Trinajstić information content (AvgIpc) is 2.77. The number of hydrogen-bond acceptors (Lipinski definition) is 5. The van der Waals surface area contributed by atoms with Crippen LogP contribution in [-0.4, -0.2) is 28.7 Å². The molecule has 0 aliphatic heterocycles. The van der Waals surface area contributed by atoms with E-state index >= 15 is 0 Å². The predicted octanol–water partition coefficient (Wildman–Crippen LogP) is 1.94. The highest BCUT2D eigenvalue weighted by Gasteiger charge is 2.13. The normalized spacial score (nSPS) is 10.3. The van der Waals surface area contributed by atoms with E-state index in [-0.39, 0.29) is 12.3 Å². The van der Waals surface area contributed by atoms with Gasteiger partial charge in [-0.3, -0.25) is 4.79 Å². The SMILES string of the molecule is Cc1noc(C)c1CC(=O)Nc1cccc(OCC(=O)O)c1. The number of carbonyl (C=O) groups excluding carboxylic acids is 1. The molecule has 1 aromatic heterocycles. The van der Waals surface area contributed by atoms with E-state index in [0.717, 1.165) is 5.56 Å². The van der Waals surface area contributed by atoms with E-state index in [2.05, 4.69) is 10.5 Å². The molecule has 0 spiro atoms. The van der Waals surface area contributed by atoms with Crippen LogP contribution in [-0.2, 0) is 16.0 Å². The zero-order valence-electron chi connectivity index (χ0n) is 12.3. The maximum Gasteiger partial charge on any atom is 0.341 e. The van der Waals surface area contributed by atoms with Crippen molar-refractivity contribution in [2.24, 2.45) is 0 Å². The third kappa shape index (κ3) is 4.08. The number of carboxylic acids is 1. The van der Waals surface area contributed by atoms with Gasteiger partial charge in [0.15, 0.2) is 6.61 Å². The Balaban J connectivity index is 1.99. The highest BCUT2D eigenvalue weighted by atomic mass is 16.5. The van der Waals surface area contributed by atoms with Gasteiger partial charge in [-0.15, -0.1) is 0 Å². The summed E-state index contributed by atoms with van der Waals surface area (Å²) < 4.78 is 10.1. The summed E-state index contributed by atoms with van der Waals surface area (Å²) in [5, 5.41) is 15.1. The number of nitrogens with one attached hydrogen (secondary N) is 1. The topological polar surface area (TPSA) is 102 Å². The summed E-state index contributed by atoms with van der Waals surface area (Å²) in [6.07, 6.45) is 0.154. The van der Waals surface area contributed by atoms with E-state index < -0.39 is 12.6 Å². The van der Waals surface area contributed by atoms with Gasteiger partial charge in [-0.2, -0.15) is 0 Å². The summed E-state index contributed by atoms with van der Waals surface area (Å²) in [5.74, 6) is -0.290. The first-order chi connectivity index (χ1) is 10.5. The Labute approximate surface area is 126 Å². The van der Waals surface area contributed by atoms with Crippen LogP contribution >= 0.6 is 0 Å². The molecule has 0 aliphatic carbocycles. The van der Waals surface area contributed by atoms with Crippen LogP contribution in [0.5, 0.6) is 5.75 Å². The van der Waals surface area contributed by atoms with Crippen molar-refractivity contribution < 1.29 is 24.0 Å². The van der Waals surface area contributed by atoms with Crippen LogP contribution in [0, 0.1) is 13.8 Å². The van der Waals surface area contributed by atoms with Gasteiger partial charge >= 0.3 is 5.97 Å². The first-order valence-electron chi connectivity index (χ1n) is 6.62. The molecule has 1 aromatic carbocycles. The number of carbonyl (C=O) groups is 2. The van der Waals surface area contributed by atoms with Gasteiger partial charge < -0.3 is 19.7 Å². The second-order valence-electron chi connectivity index (χ2n) is 4.74. The molecule has 0 radical (unpaired) electrons. The lowest BCUT2D eigenvalue weighted by Crippen LogP contribution is -2.15. The number of benzene rings is 1. The summed E-state index contributed by atoms with van der Waals surface area (Å²) >= 11 is 0. The first kappa shape index (κ1) is 15.6. The van der Waals surface area contributed by atoms with Gasteiger partial charge in [-0.25, -0.2) is 4.79 Å². The van der Waals surface area contributed by atoms with Gasteiger partial charge in [-0.05, 0) is 26.0 Å². The Morgan fingerprint density at radius 1 is 1.36 bits per heavy atom. The lowest BCUT2D eigenvalue weighted by atomic mass is 10.1. The minimum atomic E-state index is -1.06. The van der Waals surface area contributed by atoms with Crippen molar-refractivity contribution in [2.75, 3.05) is 11.9 Å². The van der Waals surface area contributed by atoms with Gasteiger partial charge in [0.1, 0.15) is 11.5 Å². The Bertz CT molecular complexity index is 673. The molecule has 0 aliphatic rings. The van der Waals surface area contributed by atoms with Crippen molar-refractivity contribution in [1.82, 2.24) is 5.16 Å². The van der Waals surface area contributed by atoms with Crippen LogP contribution in [0.15, 0.2) is 28.8 Å². The molecule has 0 unspecified atom stereocenters. The Hall–Kier alpha value is -2.83. The molecule has 1 heterocycles. The maximum atomic E-state index is 12.0. The summed E-state index contributed by atoms with van der Waals surface area (Å²) in [7, 11) is 0. The second-order valence-corrected chi connectivity index (χ2v) is 4.74. The van der Waals surface area contributed by atoms with Gasteiger partial charge in [0.25, 0.3) is 0 Å². The van der Waals surface area contributed by atoms with Crippen molar-refractivity contribution in [3.63, 3.8) is 0 Å². The molecule has 2 aromatic rings. The monoisotopic (exact) mass is 304 g/mol. The van der Waals surface area contributed by atoms with Gasteiger partial charge in [0, 0.05) is 17.3 Å². The number of rotatable bonds is 6. The summed E-state index contributed by atoms with van der Waals surface area (Å²) in [5.41, 5.74) is 1.97. The fourth-order valence-electron chi connectivity index (χ4n) is 1.93. The fraction of sp³-hybridized carbons (Fsp3) is 0.267. The van der Waals surface area contributed by atoms with Crippen LogP contribution < -0.4 is 10.1 Å². The van der Waals surface area contributed by atoms with E-state index in [0.29, 0.717) is 22.9 Å². The molecule has 2 rings (SSSR count). The highest BCUT2D eigenvalue weighted by Crippen LogP contribution is 2.18. The summed E-state index contributed by atoms with van der Waals surface area (Å²) in [6, 6.07) is 6.54. The molecular weight excluding hydrogens is 288 g/mol. The molecule has 22 heavy (non-hydrogen) atoms. The van der Waals surface area contributed by atoms with Crippen LogP contribution in [0.25, 0.3) is 0 Å². The fourth-order valence-corrected chi connectivity index (χ4v) is 1.93. The van der Waals surface area contributed by atoms with E-state index in [4.69, 9.17) is 14.4 Å². The van der Waals surface area contributed by atoms with Gasteiger partial charge in [-0.1, -0.05) is 11.2 Å². The van der Waals surface area contributed by atoms with Crippen LogP contribution in [0.3, 0.4) is 0 Å². The lowest BCUT2D eigenvalue weighted by Gasteiger charge is -2.08. The molecule has 7 heteroatoms. The molecular formula is C15H16N2O5. The molecule has 0 saturated carbocycles. The molecule has 1 amide bonds. The number of ether oxygens (including phenoxy) is 1. The first-order valence-corrected chi connectivity index (χ1v) is 6.62. The van der Waals surface area contributed by atoms with E-state index in [1.807, 2.05) is 0 Å². The number of nitrogens with zero attached hydrogens (tertiary/aromatic N) is 1. The molecule has 0 atom stereocenters. The van der Waals surface area contributed by atoms with Crippen molar-refractivity contribution in [3.8, 4) is 5.75 Å². The van der Waals surface area contributed by atoms with Gasteiger partial charge in [0.2, 0.25) is 5.91 Å². The molecule has 116 valence electrons. The lowest BCUT2D eigenvalue weighted by molar-refractivity contribution is -0.139. The minimum absolute atomic E-state index is 0.154. The van der Waals surface area contributed by atoms with Crippen molar-refractivity contribution in [3.05, 3.63) is 41.3 Å². The van der Waals surface area contributed by atoms with Crippen LogP contribution in [0.2, 0.25) is 0 Å². The second kappa shape index (κ2) is 6.75. The predicted molar refractivity (Wildman–Crippen MR) is 77.9 cm³/mol. The van der Waals surface area contributed by atoms with E-state index in [1.165, 1.54) is 0 Å². The van der Waals surface area contributed by atoms with Crippen LogP contribution in [0.1, 0.15) is 17.0 Å². The summed E-state index contributed by atoms with van der Waals surface area (Å²) in [6.45, 7) is 3.10. The van der Waals surface area contributed by atoms with Crippen molar-refractivity contribution in [2.45, 2.75) is 20.3 Å². The van der Waals surface area contributed by atoms with Crippen molar-refractivity contribution >= 4 is 17.6 Å². The highest BCUT2D eigenvalue weighted by molar-refractivity contribution is 5.92. The molecule has 0 bridgehead atoms. The summed E-state index contributed by atoms with van der Waals surface area (Å²) in [4.78, 5) is 22.5. The number of anilines is 1. The molecule has 0 fully saturated rings. The number of aryl methyl sites for hydroxylation is 2. The number of amides is 1. The third-order valence-corrected chi connectivity index (χ3v) is 3.00. The average molecular weight is 304 g/mol. The molecule has 7 nitrogen and oxygen atoms in total. The number of aliphatic carboxylic acids is 1. The van der Waals surface area contributed by atoms with Gasteiger partial charge in [0.05, 0.1) is 12.1 Å². The van der Waals surface area contributed by atoms with E-state index in [9.17, 15) is 9.59 Å². The Morgan fingerprint density at radius 2 is 2.14 bits per heavy atom. The smallest absolute Gasteiger partial charge is 0.341 e. The quantitative estimate of drug-likeness (QED) is 0.845. The van der Waals surface area contributed by atoms with E-state index in [1.54, 1.807) is 38.1 Å². The minimum Gasteiger partial charge on any atom is -0.482 e. The Kier molecular flexibility index (Phi) is 4.77. The zero-order valence-corrected chi connectivity index (χ0v) is 12.3. The molecule has 2 N–H and O–H groups in total. The maximum absolute atomic E-state index is 12.0. The number of hydrogen-bond donors (Lipinski definition) is 2. The largest absolute Gasteiger partial charge is 0.482 e. The standard InChI is InChI=1S/C15H16N2O5/c1-9-13(10(2)22-17-9)7-14(18)16-11-4-3-5-12(6-11)21-8-15(19)20/h3-6H,7-8H2,1-2H3,(H,16,18)(H,19,20). The molecule has 0 saturated heterocycles.